The largest absolute Gasteiger partial charge is 0.490 e. The summed E-state index contributed by atoms with van der Waals surface area (Å²) in [4.78, 5) is 1.17. The molecule has 0 radical (unpaired) electrons. The first-order valence-corrected chi connectivity index (χ1v) is 9.00. The van der Waals surface area contributed by atoms with E-state index in [4.69, 9.17) is 21.7 Å². The number of rotatable bonds is 8. The second-order valence-corrected chi connectivity index (χ2v) is 6.18. The number of benzene rings is 1. The number of hydrazone groups is 1. The topological polar surface area (TPSA) is 54.9 Å². The molecule has 1 aromatic heterocycles. The van der Waals surface area contributed by atoms with Gasteiger partial charge in [-0.1, -0.05) is 6.07 Å². The molecule has 0 saturated heterocycles. The zero-order chi connectivity index (χ0) is 17.2. The number of hydrogen-bond donors (Lipinski definition) is 2. The Balaban J connectivity index is 2.02. The van der Waals surface area contributed by atoms with Gasteiger partial charge < -0.3 is 14.8 Å². The van der Waals surface area contributed by atoms with Crippen LogP contribution >= 0.6 is 23.6 Å². The molecule has 2 N–H and O–H groups in total. The van der Waals surface area contributed by atoms with Gasteiger partial charge in [0.1, 0.15) is 6.61 Å². The predicted octanol–water partition coefficient (Wildman–Crippen LogP) is 3.54. The molecule has 1 aromatic carbocycles. The first-order chi connectivity index (χ1) is 11.7. The summed E-state index contributed by atoms with van der Waals surface area (Å²) in [5.74, 6) is 1.42. The maximum absolute atomic E-state index is 5.86. The summed E-state index contributed by atoms with van der Waals surface area (Å²) in [6.45, 7) is 5.77. The fourth-order valence-electron chi connectivity index (χ4n) is 1.90. The van der Waals surface area contributed by atoms with Gasteiger partial charge in [0.05, 0.1) is 12.8 Å². The quantitative estimate of drug-likeness (QED) is 0.427. The Bertz CT molecular complexity index is 672. The Kier molecular flexibility index (Phi) is 7.51. The smallest absolute Gasteiger partial charge is 0.186 e. The minimum atomic E-state index is 0.495. The van der Waals surface area contributed by atoms with E-state index >= 15 is 0 Å². The summed E-state index contributed by atoms with van der Waals surface area (Å²) in [5.41, 5.74) is 3.66. The Hall–Kier alpha value is -2.12. The lowest BCUT2D eigenvalue weighted by atomic mass is 10.2. The minimum absolute atomic E-state index is 0.495. The third kappa shape index (κ3) is 5.82. The summed E-state index contributed by atoms with van der Waals surface area (Å²) in [5, 5.41) is 9.60. The molecule has 0 aliphatic heterocycles. The average molecular weight is 364 g/mol. The van der Waals surface area contributed by atoms with Gasteiger partial charge in [-0.25, -0.2) is 0 Å². The summed E-state index contributed by atoms with van der Waals surface area (Å²) < 4.78 is 11.5. The van der Waals surface area contributed by atoms with E-state index in [1.54, 1.807) is 17.6 Å². The maximum atomic E-state index is 5.86. The van der Waals surface area contributed by atoms with Crippen LogP contribution in [-0.2, 0) is 6.61 Å². The first-order valence-electron chi connectivity index (χ1n) is 7.71. The van der Waals surface area contributed by atoms with Crippen LogP contribution in [0, 0.1) is 0 Å². The van der Waals surface area contributed by atoms with Crippen LogP contribution < -0.4 is 20.2 Å². The van der Waals surface area contributed by atoms with E-state index in [1.807, 2.05) is 49.6 Å². The third-order valence-electron chi connectivity index (χ3n) is 2.93. The molecule has 0 amide bonds. The highest BCUT2D eigenvalue weighted by Crippen LogP contribution is 2.29. The van der Waals surface area contributed by atoms with Crippen LogP contribution in [0.25, 0.3) is 0 Å². The second-order valence-electron chi connectivity index (χ2n) is 4.74. The standard InChI is InChI=1S/C17H21N3O2S2/c1-3-18-17(23)20-19-11-13-7-8-15(16(10-13)21-4-2)22-12-14-6-5-9-24-14/h5-11H,3-4,12H2,1-2H3,(H2,18,20,23)/b19-11-. The number of thiophene rings is 1. The van der Waals surface area contributed by atoms with Crippen LogP contribution in [0.4, 0.5) is 0 Å². The van der Waals surface area contributed by atoms with Crippen molar-refractivity contribution in [3.63, 3.8) is 0 Å². The van der Waals surface area contributed by atoms with Crippen LogP contribution in [-0.4, -0.2) is 24.5 Å². The lowest BCUT2D eigenvalue weighted by Crippen LogP contribution is -2.31. The van der Waals surface area contributed by atoms with E-state index in [-0.39, 0.29) is 0 Å². The van der Waals surface area contributed by atoms with Crippen molar-refractivity contribution < 1.29 is 9.47 Å². The number of ether oxygens (including phenoxy) is 2. The molecule has 7 heteroatoms. The summed E-state index contributed by atoms with van der Waals surface area (Å²) in [7, 11) is 0. The van der Waals surface area contributed by atoms with Gasteiger partial charge in [-0.05, 0) is 61.3 Å². The van der Waals surface area contributed by atoms with Crippen molar-refractivity contribution in [3.8, 4) is 11.5 Å². The lowest BCUT2D eigenvalue weighted by Gasteiger charge is -2.12. The first kappa shape index (κ1) is 18.2. The lowest BCUT2D eigenvalue weighted by molar-refractivity contribution is 0.271. The highest BCUT2D eigenvalue weighted by atomic mass is 32.1. The molecule has 2 rings (SSSR count). The highest BCUT2D eigenvalue weighted by Gasteiger charge is 2.07. The van der Waals surface area contributed by atoms with Gasteiger partial charge in [-0.15, -0.1) is 11.3 Å². The molecule has 0 aliphatic carbocycles. The summed E-state index contributed by atoms with van der Waals surface area (Å²) in [6.07, 6.45) is 1.69. The van der Waals surface area contributed by atoms with Crippen molar-refractivity contribution in [3.05, 3.63) is 46.2 Å². The molecule has 0 fully saturated rings. The normalized spacial score (nSPS) is 10.6. The molecule has 5 nitrogen and oxygen atoms in total. The highest BCUT2D eigenvalue weighted by molar-refractivity contribution is 7.80. The van der Waals surface area contributed by atoms with E-state index in [0.29, 0.717) is 24.1 Å². The van der Waals surface area contributed by atoms with Crippen LogP contribution in [0.5, 0.6) is 11.5 Å². The third-order valence-corrected chi connectivity index (χ3v) is 4.02. The van der Waals surface area contributed by atoms with Crippen molar-refractivity contribution in [2.45, 2.75) is 20.5 Å². The van der Waals surface area contributed by atoms with Gasteiger partial charge >= 0.3 is 0 Å². The van der Waals surface area contributed by atoms with Crippen molar-refractivity contribution in [1.29, 1.82) is 0 Å². The number of hydrogen-bond acceptors (Lipinski definition) is 5. The molecule has 0 saturated carbocycles. The number of nitrogens with zero attached hydrogens (tertiary/aromatic N) is 1. The summed E-state index contributed by atoms with van der Waals surface area (Å²) in [6, 6.07) is 9.77. The maximum Gasteiger partial charge on any atom is 0.186 e. The van der Waals surface area contributed by atoms with Gasteiger partial charge in [-0.2, -0.15) is 5.10 Å². The molecule has 1 heterocycles. The van der Waals surface area contributed by atoms with E-state index < -0.39 is 0 Å². The molecule has 24 heavy (non-hydrogen) atoms. The molecular weight excluding hydrogens is 342 g/mol. The Morgan fingerprint density at radius 2 is 2.12 bits per heavy atom. The summed E-state index contributed by atoms with van der Waals surface area (Å²) >= 11 is 6.72. The van der Waals surface area contributed by atoms with E-state index in [1.165, 1.54) is 4.88 Å². The Morgan fingerprint density at radius 3 is 2.83 bits per heavy atom. The van der Waals surface area contributed by atoms with Gasteiger partial charge in [0.25, 0.3) is 0 Å². The molecular formula is C17H21N3O2S2. The van der Waals surface area contributed by atoms with Crippen LogP contribution in [0.3, 0.4) is 0 Å². The molecule has 0 aliphatic rings. The molecule has 0 unspecified atom stereocenters. The van der Waals surface area contributed by atoms with Crippen LogP contribution in [0.15, 0.2) is 40.8 Å². The zero-order valence-corrected chi connectivity index (χ0v) is 15.4. The van der Waals surface area contributed by atoms with Crippen molar-refractivity contribution in [2.24, 2.45) is 5.10 Å². The Labute approximate surface area is 151 Å². The molecule has 128 valence electrons. The van der Waals surface area contributed by atoms with Gasteiger partial charge in [0.2, 0.25) is 0 Å². The van der Waals surface area contributed by atoms with Crippen LogP contribution in [0.1, 0.15) is 24.3 Å². The van der Waals surface area contributed by atoms with Gasteiger partial charge in [0, 0.05) is 11.4 Å². The number of nitrogens with one attached hydrogen (secondary N) is 2. The van der Waals surface area contributed by atoms with Crippen molar-refractivity contribution in [2.75, 3.05) is 13.2 Å². The molecule has 2 aromatic rings. The second kappa shape index (κ2) is 9.89. The zero-order valence-electron chi connectivity index (χ0n) is 13.7. The fraction of sp³-hybridized carbons (Fsp3) is 0.294. The Morgan fingerprint density at radius 1 is 1.25 bits per heavy atom. The van der Waals surface area contributed by atoms with Crippen molar-refractivity contribution >= 4 is 34.9 Å². The average Bonchev–Trinajstić information content (AvgIpc) is 3.08. The van der Waals surface area contributed by atoms with Gasteiger partial charge in [0.15, 0.2) is 16.6 Å². The van der Waals surface area contributed by atoms with Gasteiger partial charge in [-0.3, -0.25) is 5.43 Å². The molecule has 0 spiro atoms. The predicted molar refractivity (Wildman–Crippen MR) is 103 cm³/mol. The molecule has 0 bridgehead atoms. The number of thiocarbonyl (C=S) groups is 1. The minimum Gasteiger partial charge on any atom is -0.490 e. The van der Waals surface area contributed by atoms with E-state index in [0.717, 1.165) is 17.9 Å². The monoisotopic (exact) mass is 363 g/mol. The van der Waals surface area contributed by atoms with Crippen molar-refractivity contribution in [1.82, 2.24) is 10.7 Å². The fourth-order valence-corrected chi connectivity index (χ4v) is 2.71. The molecule has 0 atom stereocenters. The van der Waals surface area contributed by atoms with E-state index in [2.05, 4.69) is 15.8 Å². The SMILES string of the molecule is CCNC(=S)N/N=C\c1ccc(OCc2cccs2)c(OCC)c1. The van der Waals surface area contributed by atoms with Crippen LogP contribution in [0.2, 0.25) is 0 Å². The van der Waals surface area contributed by atoms with E-state index in [9.17, 15) is 0 Å².